The summed E-state index contributed by atoms with van der Waals surface area (Å²) in [7, 11) is -3.90. The predicted molar refractivity (Wildman–Crippen MR) is 145 cm³/mol. The van der Waals surface area contributed by atoms with Gasteiger partial charge >= 0.3 is 12.1 Å². The van der Waals surface area contributed by atoms with Gasteiger partial charge in [-0.05, 0) is 80.1 Å². The molecular weight excluding hydrogens is 559 g/mol. The zero-order valence-electron chi connectivity index (χ0n) is 21.6. The van der Waals surface area contributed by atoms with Crippen LogP contribution < -0.4 is 4.74 Å². The molecule has 3 aromatic rings. The number of alkyl halides is 3. The van der Waals surface area contributed by atoms with Crippen molar-refractivity contribution >= 4 is 49.2 Å². The molecule has 38 heavy (non-hydrogen) atoms. The van der Waals surface area contributed by atoms with Crippen molar-refractivity contribution in [2.75, 3.05) is 32.1 Å². The number of nitrogens with zero attached hydrogens (tertiary/aromatic N) is 1. The maximum atomic E-state index is 13.6. The van der Waals surface area contributed by atoms with Crippen LogP contribution in [0.15, 0.2) is 45.5 Å². The van der Waals surface area contributed by atoms with Crippen molar-refractivity contribution in [1.29, 1.82) is 0 Å². The van der Waals surface area contributed by atoms with E-state index in [1.807, 2.05) is 26.0 Å². The van der Waals surface area contributed by atoms with Crippen molar-refractivity contribution in [2.45, 2.75) is 49.4 Å². The zero-order chi connectivity index (χ0) is 28.1. The van der Waals surface area contributed by atoms with Crippen molar-refractivity contribution in [1.82, 2.24) is 4.31 Å². The van der Waals surface area contributed by atoms with E-state index in [-0.39, 0.29) is 24.0 Å². The Hall–Kier alpha value is -2.28. The summed E-state index contributed by atoms with van der Waals surface area (Å²) in [6, 6.07) is 8.82. The zero-order valence-corrected chi connectivity index (χ0v) is 24.0. The van der Waals surface area contributed by atoms with E-state index in [1.165, 1.54) is 22.1 Å². The molecule has 2 aromatic carbocycles. The summed E-state index contributed by atoms with van der Waals surface area (Å²) >= 11 is 2.48. The molecule has 1 aromatic heterocycles. The third-order valence-electron chi connectivity index (χ3n) is 5.67. The van der Waals surface area contributed by atoms with Crippen LogP contribution in [0.2, 0.25) is 0 Å². The molecule has 3 rings (SSSR count). The number of esters is 1. The number of carbonyl (C=O) groups is 1. The van der Waals surface area contributed by atoms with Crippen molar-refractivity contribution in [3.63, 3.8) is 0 Å². The minimum absolute atomic E-state index is 0.0734. The Morgan fingerprint density at radius 3 is 2.45 bits per heavy atom. The third kappa shape index (κ3) is 7.22. The molecule has 0 aliphatic heterocycles. The Labute approximate surface area is 229 Å². The first kappa shape index (κ1) is 30.3. The Bertz CT molecular complexity index is 1390. The Morgan fingerprint density at radius 1 is 1.08 bits per heavy atom. The quantitative estimate of drug-likeness (QED) is 0.174. The summed E-state index contributed by atoms with van der Waals surface area (Å²) in [5.74, 6) is 0.591. The van der Waals surface area contributed by atoms with E-state index in [0.29, 0.717) is 40.1 Å². The van der Waals surface area contributed by atoms with Gasteiger partial charge in [0.15, 0.2) is 6.61 Å². The Kier molecular flexibility index (Phi) is 10.1. The maximum Gasteiger partial charge on any atom is 0.416 e. The van der Waals surface area contributed by atoms with Crippen LogP contribution in [0.5, 0.6) is 5.75 Å². The number of benzene rings is 2. The second-order valence-electron chi connectivity index (χ2n) is 8.50. The number of sulfonamides is 1. The molecule has 12 heteroatoms. The molecule has 0 bridgehead atoms. The van der Waals surface area contributed by atoms with Gasteiger partial charge in [-0.3, -0.25) is 0 Å². The lowest BCUT2D eigenvalue weighted by molar-refractivity contribution is -0.145. The molecule has 0 aliphatic rings. The van der Waals surface area contributed by atoms with Gasteiger partial charge in [0.05, 0.1) is 12.2 Å². The van der Waals surface area contributed by atoms with Crippen LogP contribution in [0.4, 0.5) is 13.2 Å². The number of rotatable bonds is 12. The van der Waals surface area contributed by atoms with Crippen molar-refractivity contribution < 1.29 is 35.9 Å². The van der Waals surface area contributed by atoms with Crippen LogP contribution in [-0.4, -0.2) is 50.7 Å². The summed E-state index contributed by atoms with van der Waals surface area (Å²) in [6.45, 7) is 7.64. The van der Waals surface area contributed by atoms with E-state index in [0.717, 1.165) is 33.9 Å². The fourth-order valence-corrected chi connectivity index (χ4v) is 8.32. The van der Waals surface area contributed by atoms with E-state index in [9.17, 15) is 26.4 Å². The molecule has 6 nitrogen and oxygen atoms in total. The van der Waals surface area contributed by atoms with E-state index in [1.54, 1.807) is 19.9 Å². The van der Waals surface area contributed by atoms with Gasteiger partial charge in [0, 0.05) is 28.4 Å². The highest BCUT2D eigenvalue weighted by molar-refractivity contribution is 7.99. The lowest BCUT2D eigenvalue weighted by Gasteiger charge is -2.21. The highest BCUT2D eigenvalue weighted by Gasteiger charge is 2.33. The van der Waals surface area contributed by atoms with Crippen molar-refractivity contribution in [3.05, 3.63) is 53.1 Å². The number of hydrogen-bond donors (Lipinski definition) is 0. The standard InChI is InChI=1S/C26H30F3NO5S3/c1-5-11-30(12-13-36-20-8-9-22(17(3)14-20)35-16-24(31)34-6-2)38(32,33)25-18(4)21-15-19(26(27,28)29)7-10-23(21)37-25/h7-10,14-15H,5-6,11-13,16H2,1-4H3. The van der Waals surface area contributed by atoms with Gasteiger partial charge in [0.2, 0.25) is 0 Å². The second-order valence-corrected chi connectivity index (χ2v) is 12.9. The van der Waals surface area contributed by atoms with Gasteiger partial charge in [0.1, 0.15) is 9.96 Å². The summed E-state index contributed by atoms with van der Waals surface area (Å²) in [4.78, 5) is 12.4. The average Bonchev–Trinajstić information content (AvgIpc) is 3.19. The predicted octanol–water partition coefficient (Wildman–Crippen LogP) is 6.67. The molecule has 0 atom stereocenters. The van der Waals surface area contributed by atoms with Crippen molar-refractivity contribution in [2.24, 2.45) is 0 Å². The number of carbonyl (C=O) groups excluding carboxylic acids is 1. The van der Waals surface area contributed by atoms with Gasteiger partial charge in [-0.15, -0.1) is 23.1 Å². The normalized spacial score (nSPS) is 12.3. The van der Waals surface area contributed by atoms with Gasteiger partial charge in [-0.1, -0.05) is 6.92 Å². The Morgan fingerprint density at radius 2 is 1.82 bits per heavy atom. The third-order valence-corrected chi connectivity index (χ3v) is 10.4. The molecule has 208 valence electrons. The number of thioether (sulfide) groups is 1. The van der Waals surface area contributed by atoms with Crippen molar-refractivity contribution in [3.8, 4) is 5.75 Å². The van der Waals surface area contributed by atoms with Gasteiger partial charge in [-0.2, -0.15) is 17.5 Å². The monoisotopic (exact) mass is 589 g/mol. The summed E-state index contributed by atoms with van der Waals surface area (Å²) in [5, 5.41) is 0.301. The lowest BCUT2D eigenvalue weighted by Crippen LogP contribution is -2.33. The minimum Gasteiger partial charge on any atom is -0.482 e. The molecule has 0 radical (unpaired) electrons. The van der Waals surface area contributed by atoms with E-state index in [4.69, 9.17) is 9.47 Å². The first-order valence-corrected chi connectivity index (χ1v) is 15.2. The fraction of sp³-hybridized carbons (Fsp3) is 0.423. The van der Waals surface area contributed by atoms with Crippen LogP contribution in [0, 0.1) is 13.8 Å². The smallest absolute Gasteiger partial charge is 0.416 e. The molecule has 0 N–H and O–H groups in total. The summed E-state index contributed by atoms with van der Waals surface area (Å²) in [6.07, 6.45) is -3.91. The summed E-state index contributed by atoms with van der Waals surface area (Å²) in [5.41, 5.74) is 0.361. The molecule has 1 heterocycles. The second kappa shape index (κ2) is 12.7. The lowest BCUT2D eigenvalue weighted by atomic mass is 10.1. The van der Waals surface area contributed by atoms with Crippen LogP contribution in [0.1, 0.15) is 37.0 Å². The van der Waals surface area contributed by atoms with Crippen LogP contribution in [0.25, 0.3) is 10.1 Å². The SMILES string of the molecule is CCCN(CCSc1ccc(OCC(=O)OCC)c(C)c1)S(=O)(=O)c1sc2ccc(C(F)(F)F)cc2c1C. The van der Waals surface area contributed by atoms with Gasteiger partial charge < -0.3 is 9.47 Å². The van der Waals surface area contributed by atoms with E-state index >= 15 is 0 Å². The van der Waals surface area contributed by atoms with Gasteiger partial charge in [0.25, 0.3) is 10.0 Å². The first-order valence-electron chi connectivity index (χ1n) is 12.0. The number of fused-ring (bicyclic) bond motifs is 1. The largest absolute Gasteiger partial charge is 0.482 e. The molecular formula is C26H30F3NO5S3. The summed E-state index contributed by atoms with van der Waals surface area (Å²) < 4.78 is 79.0. The molecule has 0 saturated heterocycles. The Balaban J connectivity index is 1.72. The number of ether oxygens (including phenoxy) is 2. The number of halogens is 3. The average molecular weight is 590 g/mol. The number of aryl methyl sites for hydroxylation is 2. The molecule has 0 fully saturated rings. The number of thiophene rings is 1. The number of hydrogen-bond acceptors (Lipinski definition) is 7. The first-order chi connectivity index (χ1) is 17.9. The van der Waals surface area contributed by atoms with Crippen LogP contribution in [0.3, 0.4) is 0 Å². The topological polar surface area (TPSA) is 72.9 Å². The highest BCUT2D eigenvalue weighted by atomic mass is 32.2. The molecule has 0 saturated carbocycles. The van der Waals surface area contributed by atoms with Crippen LogP contribution in [-0.2, 0) is 25.7 Å². The fourth-order valence-electron chi connectivity index (χ4n) is 3.82. The highest BCUT2D eigenvalue weighted by Crippen LogP contribution is 2.39. The maximum absolute atomic E-state index is 13.6. The van der Waals surface area contributed by atoms with Gasteiger partial charge in [-0.25, -0.2) is 13.2 Å². The molecule has 0 unspecified atom stereocenters. The van der Waals surface area contributed by atoms with E-state index in [2.05, 4.69) is 0 Å². The minimum atomic E-state index is -4.50. The molecule has 0 amide bonds. The van der Waals surface area contributed by atoms with E-state index < -0.39 is 27.7 Å². The van der Waals surface area contributed by atoms with Crippen LogP contribution >= 0.6 is 23.1 Å². The molecule has 0 aliphatic carbocycles. The molecule has 0 spiro atoms.